The molecule has 5 N–H and O–H groups in total. The van der Waals surface area contributed by atoms with Crippen molar-refractivity contribution in [1.82, 2.24) is 19.5 Å². The van der Waals surface area contributed by atoms with Gasteiger partial charge in [-0.05, 0) is 6.92 Å². The molecule has 4 atom stereocenters. The van der Waals surface area contributed by atoms with E-state index in [9.17, 15) is 15.0 Å². The summed E-state index contributed by atoms with van der Waals surface area (Å²) in [5.74, 6) is -0.0875. The summed E-state index contributed by atoms with van der Waals surface area (Å²) >= 11 is 0. The van der Waals surface area contributed by atoms with Gasteiger partial charge in [-0.1, -0.05) is 0 Å². The van der Waals surface area contributed by atoms with Crippen molar-refractivity contribution in [2.75, 3.05) is 12.3 Å². The standard InChI is InChI=1S/C12H15N5O5/c1-4-2-14-6-9(13)16-12(21)17(10(6)15-4)11-8(20)7(19)5(3-18)22-11/h2,5,7-8,11,18-20H,3H2,1H3,(H2,13,16,21)/t5-,7-,8-,11-/m1/s1. The van der Waals surface area contributed by atoms with Crippen molar-refractivity contribution >= 4 is 17.0 Å². The van der Waals surface area contributed by atoms with E-state index in [-0.39, 0.29) is 17.0 Å². The molecule has 1 saturated heterocycles. The zero-order chi connectivity index (χ0) is 16.0. The van der Waals surface area contributed by atoms with Crippen LogP contribution in [0.2, 0.25) is 0 Å². The van der Waals surface area contributed by atoms with Crippen LogP contribution < -0.4 is 11.4 Å². The van der Waals surface area contributed by atoms with Crippen molar-refractivity contribution in [3.05, 3.63) is 22.4 Å². The minimum atomic E-state index is -1.43. The van der Waals surface area contributed by atoms with Gasteiger partial charge in [-0.2, -0.15) is 4.98 Å². The number of aliphatic hydroxyl groups is 3. The molecule has 3 rings (SSSR count). The van der Waals surface area contributed by atoms with E-state index in [1.54, 1.807) is 6.92 Å². The Hall–Kier alpha value is -2.14. The number of ether oxygens (including phenoxy) is 1. The smallest absolute Gasteiger partial charge is 0.353 e. The number of nitrogen functional groups attached to an aromatic ring is 1. The summed E-state index contributed by atoms with van der Waals surface area (Å²) in [6.07, 6.45) is -3.56. The number of aliphatic hydroxyl groups excluding tert-OH is 3. The summed E-state index contributed by atoms with van der Waals surface area (Å²) in [5.41, 5.74) is 5.68. The fraction of sp³-hybridized carbons (Fsp3) is 0.500. The van der Waals surface area contributed by atoms with E-state index in [0.717, 1.165) is 4.57 Å². The molecular weight excluding hydrogens is 294 g/mol. The molecule has 1 aliphatic rings. The first-order valence-corrected chi connectivity index (χ1v) is 6.58. The summed E-state index contributed by atoms with van der Waals surface area (Å²) in [7, 11) is 0. The lowest BCUT2D eigenvalue weighted by Gasteiger charge is -2.19. The molecule has 1 aliphatic heterocycles. The number of aromatic nitrogens is 4. The Bertz CT molecular complexity index is 778. The van der Waals surface area contributed by atoms with Crippen LogP contribution in [0.25, 0.3) is 11.2 Å². The van der Waals surface area contributed by atoms with E-state index in [2.05, 4.69) is 15.0 Å². The summed E-state index contributed by atoms with van der Waals surface area (Å²) in [6.45, 7) is 1.17. The molecule has 10 heteroatoms. The average Bonchev–Trinajstić information content (AvgIpc) is 2.75. The maximum atomic E-state index is 12.2. The predicted molar refractivity (Wildman–Crippen MR) is 73.8 cm³/mol. The van der Waals surface area contributed by atoms with E-state index in [1.165, 1.54) is 6.20 Å². The van der Waals surface area contributed by atoms with Crippen LogP contribution in [0.4, 0.5) is 5.82 Å². The third-order valence-electron chi connectivity index (χ3n) is 3.54. The van der Waals surface area contributed by atoms with Crippen LogP contribution in [0.1, 0.15) is 11.9 Å². The van der Waals surface area contributed by atoms with Crippen LogP contribution in [0.3, 0.4) is 0 Å². The second-order valence-corrected chi connectivity index (χ2v) is 5.06. The number of hydrogen-bond donors (Lipinski definition) is 4. The van der Waals surface area contributed by atoms with Crippen molar-refractivity contribution in [2.24, 2.45) is 0 Å². The zero-order valence-corrected chi connectivity index (χ0v) is 11.6. The molecule has 0 saturated carbocycles. The van der Waals surface area contributed by atoms with E-state index in [4.69, 9.17) is 15.6 Å². The minimum absolute atomic E-state index is 0.0875. The van der Waals surface area contributed by atoms with Gasteiger partial charge in [-0.15, -0.1) is 0 Å². The Labute approximate surface area is 123 Å². The summed E-state index contributed by atoms with van der Waals surface area (Å²) < 4.78 is 6.34. The van der Waals surface area contributed by atoms with Crippen molar-refractivity contribution < 1.29 is 20.1 Å². The summed E-state index contributed by atoms with van der Waals surface area (Å²) in [5, 5.41) is 29.1. The molecule has 2 aromatic heterocycles. The SMILES string of the molecule is Cc1cnc2c(N)nc(=O)n([C@@H]3O[C@H](CO)[C@@H](O)[C@H]3O)c2n1. The second kappa shape index (κ2) is 5.25. The molecule has 10 nitrogen and oxygen atoms in total. The van der Waals surface area contributed by atoms with Gasteiger partial charge in [0, 0.05) is 6.20 Å². The first-order chi connectivity index (χ1) is 10.4. The summed E-state index contributed by atoms with van der Waals surface area (Å²) in [6, 6.07) is 0. The van der Waals surface area contributed by atoms with Crippen molar-refractivity contribution in [1.29, 1.82) is 0 Å². The minimum Gasteiger partial charge on any atom is -0.394 e. The normalized spacial score (nSPS) is 28.4. The van der Waals surface area contributed by atoms with Crippen LogP contribution in [0, 0.1) is 6.92 Å². The van der Waals surface area contributed by atoms with E-state index in [0.29, 0.717) is 5.69 Å². The molecule has 0 aliphatic carbocycles. The molecule has 3 heterocycles. The van der Waals surface area contributed by atoms with Gasteiger partial charge in [0.15, 0.2) is 17.7 Å². The second-order valence-electron chi connectivity index (χ2n) is 5.06. The Morgan fingerprint density at radius 3 is 2.73 bits per heavy atom. The number of rotatable bonds is 2. The molecule has 0 spiro atoms. The fourth-order valence-electron chi connectivity index (χ4n) is 2.44. The highest BCUT2D eigenvalue weighted by Gasteiger charge is 2.44. The third-order valence-corrected chi connectivity index (χ3v) is 3.54. The third kappa shape index (κ3) is 2.13. The molecule has 0 radical (unpaired) electrons. The predicted octanol–water partition coefficient (Wildman–Crippen LogP) is -2.31. The Morgan fingerprint density at radius 1 is 1.36 bits per heavy atom. The number of hydrogen-bond acceptors (Lipinski definition) is 9. The van der Waals surface area contributed by atoms with E-state index in [1.807, 2.05) is 0 Å². The molecule has 0 aromatic carbocycles. The average molecular weight is 309 g/mol. The van der Waals surface area contributed by atoms with E-state index < -0.39 is 36.8 Å². The van der Waals surface area contributed by atoms with Crippen LogP contribution in [-0.4, -0.2) is 59.8 Å². The number of anilines is 1. The van der Waals surface area contributed by atoms with Crippen molar-refractivity contribution in [3.8, 4) is 0 Å². The van der Waals surface area contributed by atoms with Gasteiger partial charge < -0.3 is 25.8 Å². The van der Waals surface area contributed by atoms with Gasteiger partial charge in [-0.25, -0.2) is 19.3 Å². The van der Waals surface area contributed by atoms with Gasteiger partial charge in [0.25, 0.3) is 0 Å². The highest BCUT2D eigenvalue weighted by atomic mass is 16.6. The van der Waals surface area contributed by atoms with Crippen LogP contribution in [-0.2, 0) is 4.74 Å². The number of nitrogens with zero attached hydrogens (tertiary/aromatic N) is 4. The van der Waals surface area contributed by atoms with Crippen molar-refractivity contribution in [3.63, 3.8) is 0 Å². The highest BCUT2D eigenvalue weighted by Crippen LogP contribution is 2.30. The van der Waals surface area contributed by atoms with Crippen molar-refractivity contribution in [2.45, 2.75) is 31.5 Å². The maximum Gasteiger partial charge on any atom is 0.353 e. The van der Waals surface area contributed by atoms with Crippen LogP contribution in [0.5, 0.6) is 0 Å². The molecule has 1 fully saturated rings. The Kier molecular flexibility index (Phi) is 3.53. The Balaban J connectivity index is 2.23. The lowest BCUT2D eigenvalue weighted by Crippen LogP contribution is -2.37. The lowest BCUT2D eigenvalue weighted by molar-refractivity contribution is -0.0529. The van der Waals surface area contributed by atoms with Gasteiger partial charge in [-0.3, -0.25) is 0 Å². The first kappa shape index (κ1) is 14.8. The molecule has 0 amide bonds. The largest absolute Gasteiger partial charge is 0.394 e. The maximum absolute atomic E-state index is 12.2. The molecule has 118 valence electrons. The number of fused-ring (bicyclic) bond motifs is 1. The number of aryl methyl sites for hydroxylation is 1. The van der Waals surface area contributed by atoms with Gasteiger partial charge in [0.05, 0.1) is 12.3 Å². The molecular formula is C12H15N5O5. The topological polar surface area (TPSA) is 157 Å². The van der Waals surface area contributed by atoms with Gasteiger partial charge in [0.2, 0.25) is 0 Å². The molecule has 22 heavy (non-hydrogen) atoms. The van der Waals surface area contributed by atoms with Crippen LogP contribution in [0.15, 0.2) is 11.0 Å². The number of nitrogens with two attached hydrogens (primary N) is 1. The zero-order valence-electron chi connectivity index (χ0n) is 11.6. The quantitative estimate of drug-likeness (QED) is 0.478. The van der Waals surface area contributed by atoms with E-state index >= 15 is 0 Å². The highest BCUT2D eigenvalue weighted by molar-refractivity contribution is 5.80. The van der Waals surface area contributed by atoms with Gasteiger partial charge >= 0.3 is 5.69 Å². The molecule has 0 bridgehead atoms. The lowest BCUT2D eigenvalue weighted by atomic mass is 10.1. The van der Waals surface area contributed by atoms with Crippen LogP contribution >= 0.6 is 0 Å². The first-order valence-electron chi connectivity index (χ1n) is 6.58. The molecule has 0 unspecified atom stereocenters. The van der Waals surface area contributed by atoms with Gasteiger partial charge in [0.1, 0.15) is 23.8 Å². The molecule has 2 aromatic rings. The Morgan fingerprint density at radius 2 is 2.09 bits per heavy atom. The fourth-order valence-corrected chi connectivity index (χ4v) is 2.44. The summed E-state index contributed by atoms with van der Waals surface area (Å²) in [4.78, 5) is 24.1. The monoisotopic (exact) mass is 309 g/mol.